The molecule has 0 saturated carbocycles. The maximum absolute atomic E-state index is 11.7. The number of thioether (sulfide) groups is 1. The number of halogens is 1. The predicted octanol–water partition coefficient (Wildman–Crippen LogP) is 4.67. The molecule has 0 aliphatic rings. The number of aromatic nitrogens is 1. The third-order valence-electron chi connectivity index (χ3n) is 3.53. The van der Waals surface area contributed by atoms with Gasteiger partial charge in [0.15, 0.2) is 17.1 Å². The van der Waals surface area contributed by atoms with Crippen molar-refractivity contribution in [2.45, 2.75) is 5.22 Å². The van der Waals surface area contributed by atoms with Crippen LogP contribution in [0.5, 0.6) is 11.5 Å². The molecule has 0 radical (unpaired) electrons. The number of oxazole rings is 1. The number of carboxylic acids is 1. The zero-order chi connectivity index (χ0) is 20.1. The molecule has 8 heteroatoms. The van der Waals surface area contributed by atoms with Crippen LogP contribution in [0.3, 0.4) is 0 Å². The first kappa shape index (κ1) is 20.1. The number of nitrogens with zero attached hydrogens (tertiary/aromatic N) is 1. The Morgan fingerprint density at radius 1 is 1.43 bits per heavy atom. The summed E-state index contributed by atoms with van der Waals surface area (Å²) in [5.74, 6) is 2.29. The molecule has 0 spiro atoms. The molecule has 0 bridgehead atoms. The quantitative estimate of drug-likeness (QED) is 0.216. The minimum Gasteiger partial charge on any atom is -0.493 e. The molecule has 0 amide bonds. The van der Waals surface area contributed by atoms with Crippen LogP contribution < -0.4 is 9.47 Å². The first-order chi connectivity index (χ1) is 13.5. The molecule has 1 heterocycles. The van der Waals surface area contributed by atoms with Crippen LogP contribution in [0.1, 0.15) is 5.56 Å². The molecule has 0 aliphatic heterocycles. The highest BCUT2D eigenvalue weighted by molar-refractivity contribution is 14.1. The number of rotatable bonds is 7. The molecule has 0 saturated heterocycles. The number of benzene rings is 2. The van der Waals surface area contributed by atoms with E-state index in [2.05, 4.69) is 33.5 Å². The van der Waals surface area contributed by atoms with Crippen molar-refractivity contribution >= 4 is 57.5 Å². The van der Waals surface area contributed by atoms with Crippen molar-refractivity contribution in [1.82, 2.24) is 4.98 Å². The van der Waals surface area contributed by atoms with E-state index in [1.54, 1.807) is 24.3 Å². The van der Waals surface area contributed by atoms with Crippen LogP contribution in [0.15, 0.2) is 50.9 Å². The van der Waals surface area contributed by atoms with Crippen LogP contribution >= 0.6 is 34.4 Å². The van der Waals surface area contributed by atoms with Crippen LogP contribution in [0, 0.1) is 15.9 Å². The maximum Gasteiger partial charge on any atom is 0.342 e. The molecule has 0 atom stereocenters. The number of hydrogen-bond acceptors (Lipinski definition) is 6. The third-order valence-corrected chi connectivity index (χ3v) is 5.19. The summed E-state index contributed by atoms with van der Waals surface area (Å²) < 4.78 is 17.2. The van der Waals surface area contributed by atoms with Gasteiger partial charge in [0.05, 0.1) is 10.7 Å². The number of fused-ring (bicyclic) bond motifs is 1. The van der Waals surface area contributed by atoms with Crippen LogP contribution in [0.2, 0.25) is 0 Å². The monoisotopic (exact) mass is 507 g/mol. The van der Waals surface area contributed by atoms with Crippen molar-refractivity contribution in [3.8, 4) is 23.8 Å². The van der Waals surface area contributed by atoms with Gasteiger partial charge in [-0.25, -0.2) is 9.78 Å². The van der Waals surface area contributed by atoms with Crippen molar-refractivity contribution in [2.75, 3.05) is 13.7 Å². The molecule has 0 aliphatic carbocycles. The summed E-state index contributed by atoms with van der Waals surface area (Å²) in [6.45, 7) is 0.107. The van der Waals surface area contributed by atoms with Gasteiger partial charge < -0.3 is 19.0 Å². The normalized spacial score (nSPS) is 11.2. The lowest BCUT2D eigenvalue weighted by Crippen LogP contribution is -2.00. The van der Waals surface area contributed by atoms with E-state index in [4.69, 9.17) is 20.3 Å². The lowest BCUT2D eigenvalue weighted by Gasteiger charge is -2.12. The molecular weight excluding hydrogens is 493 g/mol. The molecule has 142 valence electrons. The van der Waals surface area contributed by atoms with Gasteiger partial charge in [-0.05, 0) is 70.3 Å². The maximum atomic E-state index is 11.7. The van der Waals surface area contributed by atoms with Crippen molar-refractivity contribution < 1.29 is 23.8 Å². The summed E-state index contributed by atoms with van der Waals surface area (Å²) in [5, 5.41) is 9.85. The Bertz CT molecular complexity index is 1070. The highest BCUT2D eigenvalue weighted by Crippen LogP contribution is 2.36. The van der Waals surface area contributed by atoms with Crippen molar-refractivity contribution in [2.24, 2.45) is 0 Å². The zero-order valence-electron chi connectivity index (χ0n) is 14.6. The number of terminal acetylenes is 1. The second kappa shape index (κ2) is 9.03. The Kier molecular flexibility index (Phi) is 6.49. The molecule has 28 heavy (non-hydrogen) atoms. The number of carboxylic acid groups (broad SMARTS) is 1. The van der Waals surface area contributed by atoms with Crippen LogP contribution in [-0.4, -0.2) is 29.8 Å². The molecule has 0 unspecified atom stereocenters. The zero-order valence-corrected chi connectivity index (χ0v) is 17.6. The molecule has 1 aromatic heterocycles. The SMILES string of the molecule is C#CCOc1c(I)cc(/C=C(\Sc2nc3ccccc3o2)C(=O)O)cc1OC. The Hall–Kier alpha value is -2.64. The number of hydrogen-bond donors (Lipinski definition) is 1. The predicted molar refractivity (Wildman–Crippen MR) is 116 cm³/mol. The van der Waals surface area contributed by atoms with E-state index in [-0.39, 0.29) is 16.7 Å². The van der Waals surface area contributed by atoms with Crippen LogP contribution in [0.25, 0.3) is 17.2 Å². The van der Waals surface area contributed by atoms with E-state index in [0.717, 1.165) is 15.3 Å². The largest absolute Gasteiger partial charge is 0.493 e. The average molecular weight is 507 g/mol. The molecule has 3 rings (SSSR count). The first-order valence-electron chi connectivity index (χ1n) is 7.94. The fourth-order valence-corrected chi connectivity index (χ4v) is 3.88. The molecule has 0 fully saturated rings. The van der Waals surface area contributed by atoms with Gasteiger partial charge in [0.2, 0.25) is 0 Å². The van der Waals surface area contributed by atoms with Gasteiger partial charge >= 0.3 is 5.97 Å². The lowest BCUT2D eigenvalue weighted by molar-refractivity contribution is -0.131. The molecule has 1 N–H and O–H groups in total. The van der Waals surface area contributed by atoms with Crippen LogP contribution in [0.4, 0.5) is 0 Å². The summed E-state index contributed by atoms with van der Waals surface area (Å²) in [6, 6.07) is 10.7. The molecule has 3 aromatic rings. The van der Waals surface area contributed by atoms with E-state index < -0.39 is 5.97 Å². The highest BCUT2D eigenvalue weighted by Gasteiger charge is 2.17. The summed E-state index contributed by atoms with van der Waals surface area (Å²) in [7, 11) is 1.51. The Balaban J connectivity index is 1.94. The number of para-hydroxylation sites is 2. The van der Waals surface area contributed by atoms with E-state index >= 15 is 0 Å². The highest BCUT2D eigenvalue weighted by atomic mass is 127. The summed E-state index contributed by atoms with van der Waals surface area (Å²) in [4.78, 5) is 16.1. The van der Waals surface area contributed by atoms with Crippen molar-refractivity contribution in [3.63, 3.8) is 0 Å². The van der Waals surface area contributed by atoms with Crippen molar-refractivity contribution in [1.29, 1.82) is 0 Å². The third kappa shape index (κ3) is 4.61. The number of carbonyl (C=O) groups is 1. The number of methoxy groups -OCH3 is 1. The summed E-state index contributed by atoms with van der Waals surface area (Å²) in [5.41, 5.74) is 1.90. The number of ether oxygens (including phenoxy) is 2. The average Bonchev–Trinajstić information content (AvgIpc) is 3.08. The van der Waals surface area contributed by atoms with Gasteiger partial charge in [0.25, 0.3) is 5.22 Å². The minimum atomic E-state index is -1.09. The number of aliphatic carboxylic acids is 1. The Morgan fingerprint density at radius 3 is 2.89 bits per heavy atom. The summed E-state index contributed by atoms with van der Waals surface area (Å²) >= 11 is 3.02. The van der Waals surface area contributed by atoms with E-state index in [1.807, 2.05) is 12.1 Å². The van der Waals surface area contributed by atoms with Crippen LogP contribution in [-0.2, 0) is 4.79 Å². The van der Waals surface area contributed by atoms with E-state index in [9.17, 15) is 9.90 Å². The second-order valence-corrected chi connectivity index (χ2v) is 7.55. The molecule has 2 aromatic carbocycles. The standard InChI is InChI=1S/C20H14INO5S/c1-3-8-26-18-13(21)9-12(10-16(18)25-2)11-17(19(23)24)28-20-22-14-6-4-5-7-15(14)27-20/h1,4-7,9-11H,8H2,2H3,(H,23,24)/b17-11-. The van der Waals surface area contributed by atoms with Gasteiger partial charge in [0.1, 0.15) is 17.0 Å². The smallest absolute Gasteiger partial charge is 0.342 e. The topological polar surface area (TPSA) is 81.8 Å². The second-order valence-electron chi connectivity index (χ2n) is 5.39. The fourth-order valence-electron chi connectivity index (χ4n) is 2.35. The van der Waals surface area contributed by atoms with Gasteiger partial charge in [-0.3, -0.25) is 0 Å². The fraction of sp³-hybridized carbons (Fsp3) is 0.100. The van der Waals surface area contributed by atoms with Gasteiger partial charge in [-0.1, -0.05) is 18.1 Å². The van der Waals surface area contributed by atoms with Gasteiger partial charge in [0, 0.05) is 0 Å². The van der Waals surface area contributed by atoms with Gasteiger partial charge in [-0.15, -0.1) is 6.42 Å². The first-order valence-corrected chi connectivity index (χ1v) is 9.83. The van der Waals surface area contributed by atoms with E-state index in [0.29, 0.717) is 28.2 Å². The van der Waals surface area contributed by atoms with Crippen molar-refractivity contribution in [3.05, 3.63) is 50.4 Å². The van der Waals surface area contributed by atoms with Gasteiger partial charge in [-0.2, -0.15) is 0 Å². The lowest BCUT2D eigenvalue weighted by atomic mass is 10.2. The Morgan fingerprint density at radius 2 is 2.21 bits per heavy atom. The Labute approximate surface area is 179 Å². The van der Waals surface area contributed by atoms with E-state index in [1.165, 1.54) is 13.2 Å². The minimum absolute atomic E-state index is 0.0571. The molecule has 6 nitrogen and oxygen atoms in total. The molecular formula is C20H14INO5S. The summed E-state index contributed by atoms with van der Waals surface area (Å²) in [6.07, 6.45) is 6.76.